The van der Waals surface area contributed by atoms with Crippen LogP contribution in [0.3, 0.4) is 0 Å². The summed E-state index contributed by atoms with van der Waals surface area (Å²) in [4.78, 5) is 9.17. The average molecular weight is 289 g/mol. The van der Waals surface area contributed by atoms with E-state index in [0.717, 1.165) is 0 Å². The maximum absolute atomic E-state index is 9.17. The summed E-state index contributed by atoms with van der Waals surface area (Å²) in [5.41, 5.74) is 0. The van der Waals surface area contributed by atoms with Crippen LogP contribution in [0.2, 0.25) is 0 Å². The number of hydrogen-bond acceptors (Lipinski definition) is 1. The van der Waals surface area contributed by atoms with E-state index in [0.29, 0.717) is 0 Å². The second-order valence-electron chi connectivity index (χ2n) is 0.283. The number of carbonyl (C=O) groups excluding carboxylic acids is 1. The van der Waals surface area contributed by atoms with E-state index in [-0.39, 0.29) is 21.1 Å². The topological polar surface area (TPSA) is 17.1 Å². The molecule has 0 fully saturated rings. The van der Waals surface area contributed by atoms with Crippen LogP contribution in [-0.4, -0.2) is 4.45 Å². The maximum Gasteiger partial charge on any atom is 0.239 e. The van der Waals surface area contributed by atoms with Gasteiger partial charge in [-0.3, -0.25) is 4.79 Å². The summed E-state index contributed by atoms with van der Waals surface area (Å²) in [6.45, 7) is 0. The van der Waals surface area contributed by atoms with Gasteiger partial charge in [-0.15, -0.1) is 0 Å². The smallest absolute Gasteiger partial charge is 0.239 e. The molecule has 0 aromatic heterocycles. The molecule has 0 atom stereocenters. The summed E-state index contributed by atoms with van der Waals surface area (Å²) in [7, 11) is 0. The van der Waals surface area contributed by atoms with Crippen molar-refractivity contribution in [3.63, 3.8) is 0 Å². The van der Waals surface area contributed by atoms with Gasteiger partial charge in [-0.2, -0.15) is 0 Å². The molecule has 5 heavy (non-hydrogen) atoms. The van der Waals surface area contributed by atoms with Crippen molar-refractivity contribution in [1.29, 1.82) is 0 Å². The van der Waals surface area contributed by atoms with Gasteiger partial charge in [-0.1, -0.05) is 25.3 Å². The quantitative estimate of drug-likeness (QED) is 0.635. The first-order valence-corrected chi connectivity index (χ1v) is 1.55. The van der Waals surface area contributed by atoms with Gasteiger partial charge in [0.05, 0.1) is 0 Å². The Balaban J connectivity index is 0. The van der Waals surface area contributed by atoms with Gasteiger partial charge < -0.3 is 0 Å². The van der Waals surface area contributed by atoms with Gasteiger partial charge in [0.1, 0.15) is 0 Å². The number of hydrogen-bond donors (Lipinski definition) is 2. The van der Waals surface area contributed by atoms with Crippen LogP contribution in [0.5, 0.6) is 0 Å². The number of carbonyl (C=O) groups is 1. The predicted molar refractivity (Wildman–Crippen MR) is 23.4 cm³/mol. The van der Waals surface area contributed by atoms with E-state index in [2.05, 4.69) is 25.3 Å². The van der Waals surface area contributed by atoms with Crippen molar-refractivity contribution in [2.24, 2.45) is 0 Å². The molecule has 0 bridgehead atoms. The Bertz CT molecular complexity index is 32.6. The molecule has 1 nitrogen and oxygen atoms in total. The van der Waals surface area contributed by atoms with Crippen molar-refractivity contribution in [2.75, 3.05) is 0 Å². The zero-order valence-corrected chi connectivity index (χ0v) is 6.18. The second-order valence-corrected chi connectivity index (χ2v) is 1.45. The van der Waals surface area contributed by atoms with Crippen molar-refractivity contribution in [3.05, 3.63) is 0 Å². The zero-order valence-electron chi connectivity index (χ0n) is 2.12. The fourth-order valence-electron chi connectivity index (χ4n) is 0. The molecule has 0 amide bonds. The molecule has 0 saturated heterocycles. The fourth-order valence-corrected chi connectivity index (χ4v) is 0. The van der Waals surface area contributed by atoms with Gasteiger partial charge in [0, 0.05) is 21.1 Å². The van der Waals surface area contributed by atoms with Crippen LogP contribution in [-0.2, 0) is 21.1 Å². The van der Waals surface area contributed by atoms with Gasteiger partial charge >= 0.3 is 0 Å². The van der Waals surface area contributed by atoms with Crippen LogP contribution in [0.15, 0.2) is 0 Å². The normalized spacial score (nSPS) is 5.20. The third kappa shape index (κ3) is 42.2. The SMILES string of the molecule is O=C(S)S.[Pt]. The summed E-state index contributed by atoms with van der Waals surface area (Å²) in [5.74, 6) is 0. The minimum Gasteiger partial charge on any atom is -0.275 e. The van der Waals surface area contributed by atoms with Gasteiger partial charge in [-0.25, -0.2) is 0 Å². The average Bonchev–Trinajstić information content (AvgIpc) is 0.811. The molecule has 0 aliphatic heterocycles. The Morgan fingerprint density at radius 3 is 1.40 bits per heavy atom. The Kier molecular flexibility index (Phi) is 9.52. The summed E-state index contributed by atoms with van der Waals surface area (Å²) < 4.78 is -0.444. The first-order chi connectivity index (χ1) is 1.73. The van der Waals surface area contributed by atoms with Crippen molar-refractivity contribution in [1.82, 2.24) is 0 Å². The van der Waals surface area contributed by atoms with Gasteiger partial charge in [-0.05, 0) is 0 Å². The molecular weight excluding hydrogens is 287 g/mol. The van der Waals surface area contributed by atoms with Gasteiger partial charge in [0.2, 0.25) is 4.45 Å². The Hall–Kier alpha value is 1.06. The van der Waals surface area contributed by atoms with Crippen molar-refractivity contribution in [2.45, 2.75) is 0 Å². The summed E-state index contributed by atoms with van der Waals surface area (Å²) >= 11 is 6.38. The minimum atomic E-state index is -0.444. The molecule has 0 saturated carbocycles. The molecule has 0 heterocycles. The van der Waals surface area contributed by atoms with Crippen LogP contribution in [0.25, 0.3) is 0 Å². The van der Waals surface area contributed by atoms with Gasteiger partial charge in [0.25, 0.3) is 0 Å². The van der Waals surface area contributed by atoms with Crippen LogP contribution in [0, 0.1) is 0 Å². The predicted octanol–water partition coefficient (Wildman–Crippen LogP) is 0.963. The van der Waals surface area contributed by atoms with E-state index in [1.54, 1.807) is 0 Å². The molecule has 0 radical (unpaired) electrons. The molecule has 0 aliphatic rings. The third-order valence-corrected chi connectivity index (χ3v) is 0. The van der Waals surface area contributed by atoms with Crippen molar-refractivity contribution in [3.8, 4) is 0 Å². The molecule has 0 rings (SSSR count). The minimum absolute atomic E-state index is 0. The molecule has 34 valence electrons. The molecule has 0 spiro atoms. The van der Waals surface area contributed by atoms with E-state index >= 15 is 0 Å². The Morgan fingerprint density at radius 1 is 1.40 bits per heavy atom. The van der Waals surface area contributed by atoms with E-state index < -0.39 is 4.45 Å². The Labute approximate surface area is 55.6 Å². The first-order valence-electron chi connectivity index (χ1n) is 0.651. The second kappa shape index (κ2) is 5.06. The van der Waals surface area contributed by atoms with Crippen molar-refractivity contribution < 1.29 is 25.9 Å². The molecule has 0 N–H and O–H groups in total. The molecular formula is CH2OPtS2. The summed E-state index contributed by atoms with van der Waals surface area (Å²) in [5, 5.41) is 0. The van der Waals surface area contributed by atoms with Crippen LogP contribution in [0.4, 0.5) is 4.79 Å². The first kappa shape index (κ1) is 9.41. The zero-order chi connectivity index (χ0) is 3.58. The Morgan fingerprint density at radius 2 is 1.40 bits per heavy atom. The number of thiol groups is 2. The number of rotatable bonds is 0. The standard InChI is InChI=1S/CH2OS2.Pt/c2-1(3)4;/h(H2,2,3,4);. The summed E-state index contributed by atoms with van der Waals surface area (Å²) in [6.07, 6.45) is 0. The molecule has 4 heteroatoms. The summed E-state index contributed by atoms with van der Waals surface area (Å²) in [6, 6.07) is 0. The third-order valence-electron chi connectivity index (χ3n) is 0. The van der Waals surface area contributed by atoms with Crippen LogP contribution >= 0.6 is 25.3 Å². The van der Waals surface area contributed by atoms with E-state index in [4.69, 9.17) is 0 Å². The monoisotopic (exact) mass is 289 g/mol. The van der Waals surface area contributed by atoms with E-state index in [1.807, 2.05) is 0 Å². The fraction of sp³-hybridized carbons (Fsp3) is 0. The molecule has 0 unspecified atom stereocenters. The van der Waals surface area contributed by atoms with Crippen LogP contribution in [0.1, 0.15) is 0 Å². The van der Waals surface area contributed by atoms with Gasteiger partial charge in [0.15, 0.2) is 0 Å². The molecule has 0 aliphatic carbocycles. The van der Waals surface area contributed by atoms with Crippen molar-refractivity contribution >= 4 is 29.7 Å². The maximum atomic E-state index is 9.17. The van der Waals surface area contributed by atoms with E-state index in [9.17, 15) is 4.79 Å². The molecule has 0 aromatic carbocycles. The molecule has 0 aromatic rings. The largest absolute Gasteiger partial charge is 0.275 e. The van der Waals surface area contributed by atoms with E-state index in [1.165, 1.54) is 0 Å². The van der Waals surface area contributed by atoms with Crippen LogP contribution < -0.4 is 0 Å².